The molecule has 0 saturated heterocycles. The molecule has 34 heavy (non-hydrogen) atoms. The van der Waals surface area contributed by atoms with Crippen LogP contribution in [0.25, 0.3) is 0 Å². The van der Waals surface area contributed by atoms with Crippen LogP contribution in [0, 0.1) is 5.82 Å². The minimum atomic E-state index is -0.787. The fourth-order valence-corrected chi connectivity index (χ4v) is 4.68. The number of likely N-dealkylation sites (N-methyl/N-ethyl adjacent to an activating group) is 1. The van der Waals surface area contributed by atoms with Gasteiger partial charge in [-0.25, -0.2) is 4.39 Å². The van der Waals surface area contributed by atoms with Crippen LogP contribution in [-0.4, -0.2) is 35.6 Å². The molecule has 0 radical (unpaired) electrons. The summed E-state index contributed by atoms with van der Waals surface area (Å²) in [5.74, 6) is -0.309. The van der Waals surface area contributed by atoms with E-state index in [1.165, 1.54) is 29.8 Å². The summed E-state index contributed by atoms with van der Waals surface area (Å²) in [4.78, 5) is 27.7. The number of hydrogen-bond acceptors (Lipinski definition) is 3. The van der Waals surface area contributed by atoms with Crippen LogP contribution in [0.2, 0.25) is 10.0 Å². The molecule has 2 amide bonds. The number of carbonyl (C=O) groups is 2. The van der Waals surface area contributed by atoms with E-state index < -0.39 is 11.9 Å². The molecule has 178 valence electrons. The van der Waals surface area contributed by atoms with Gasteiger partial charge >= 0.3 is 0 Å². The summed E-state index contributed by atoms with van der Waals surface area (Å²) in [5, 5.41) is 3.58. The molecular formula is C26H25Cl2FN2O2S. The van der Waals surface area contributed by atoms with E-state index in [2.05, 4.69) is 5.32 Å². The van der Waals surface area contributed by atoms with Crippen LogP contribution in [-0.2, 0) is 28.3 Å². The molecule has 3 aromatic rings. The molecule has 0 heterocycles. The molecule has 1 atom stereocenters. The molecule has 0 aliphatic rings. The number of rotatable bonds is 10. The van der Waals surface area contributed by atoms with Gasteiger partial charge in [0, 0.05) is 31.3 Å². The molecule has 4 nitrogen and oxygen atoms in total. The summed E-state index contributed by atoms with van der Waals surface area (Å²) in [6.45, 7) is -0.0102. The fourth-order valence-electron chi connectivity index (χ4n) is 3.50. The molecule has 0 fully saturated rings. The number of nitrogens with one attached hydrogen (secondary N) is 1. The van der Waals surface area contributed by atoms with Crippen molar-refractivity contribution >= 4 is 46.8 Å². The first-order valence-electron chi connectivity index (χ1n) is 10.7. The first kappa shape index (κ1) is 26.1. The van der Waals surface area contributed by atoms with Gasteiger partial charge in [-0.05, 0) is 29.3 Å². The Morgan fingerprint density at radius 3 is 2.35 bits per heavy atom. The normalized spacial score (nSPS) is 11.6. The molecule has 0 spiro atoms. The van der Waals surface area contributed by atoms with Gasteiger partial charge in [-0.2, -0.15) is 0 Å². The molecule has 3 rings (SSSR count). The SMILES string of the molecule is CNC(=O)[C@H](Cc1ccccc1)N(Cc1ccccc1F)C(=O)CSCc1ccc(Cl)c(Cl)c1. The number of thioether (sulfide) groups is 1. The Kier molecular flexibility index (Phi) is 9.81. The summed E-state index contributed by atoms with van der Waals surface area (Å²) < 4.78 is 14.5. The van der Waals surface area contributed by atoms with Crippen molar-refractivity contribution in [2.24, 2.45) is 0 Å². The standard InChI is InChI=1S/C26H25Cl2FN2O2S/c1-30-26(33)24(14-18-7-3-2-4-8-18)31(15-20-9-5-6-10-23(20)29)25(32)17-34-16-19-11-12-21(27)22(28)13-19/h2-13,24H,14-17H2,1H3,(H,30,33)/t24-/m0/s1. The maximum absolute atomic E-state index is 14.5. The van der Waals surface area contributed by atoms with Gasteiger partial charge in [-0.1, -0.05) is 77.8 Å². The van der Waals surface area contributed by atoms with Crippen molar-refractivity contribution in [3.8, 4) is 0 Å². The molecule has 0 saturated carbocycles. The average molecular weight is 519 g/mol. The van der Waals surface area contributed by atoms with E-state index in [1.807, 2.05) is 36.4 Å². The smallest absolute Gasteiger partial charge is 0.242 e. The molecule has 1 N–H and O–H groups in total. The summed E-state index contributed by atoms with van der Waals surface area (Å²) in [6.07, 6.45) is 0.318. The zero-order chi connectivity index (χ0) is 24.5. The second-order valence-electron chi connectivity index (χ2n) is 7.67. The number of benzene rings is 3. The van der Waals surface area contributed by atoms with Crippen molar-refractivity contribution in [2.45, 2.75) is 24.8 Å². The molecule has 0 bridgehead atoms. The highest BCUT2D eigenvalue weighted by Crippen LogP contribution is 2.25. The lowest BCUT2D eigenvalue weighted by Crippen LogP contribution is -2.50. The van der Waals surface area contributed by atoms with E-state index in [1.54, 1.807) is 30.3 Å². The van der Waals surface area contributed by atoms with Crippen LogP contribution in [0.1, 0.15) is 16.7 Å². The van der Waals surface area contributed by atoms with E-state index in [0.29, 0.717) is 27.8 Å². The van der Waals surface area contributed by atoms with E-state index >= 15 is 0 Å². The van der Waals surface area contributed by atoms with Gasteiger partial charge in [0.25, 0.3) is 0 Å². The molecule has 0 aliphatic carbocycles. The Labute approximate surface area is 213 Å². The lowest BCUT2D eigenvalue weighted by atomic mass is 10.0. The maximum atomic E-state index is 14.5. The minimum absolute atomic E-state index is 0.0102. The topological polar surface area (TPSA) is 49.4 Å². The minimum Gasteiger partial charge on any atom is -0.357 e. The van der Waals surface area contributed by atoms with Crippen LogP contribution in [0.4, 0.5) is 4.39 Å². The van der Waals surface area contributed by atoms with Crippen molar-refractivity contribution in [3.63, 3.8) is 0 Å². The van der Waals surface area contributed by atoms with Crippen molar-refractivity contribution < 1.29 is 14.0 Å². The van der Waals surface area contributed by atoms with Gasteiger partial charge in [-0.3, -0.25) is 9.59 Å². The molecule has 3 aromatic carbocycles. The van der Waals surface area contributed by atoms with E-state index in [0.717, 1.165) is 11.1 Å². The Morgan fingerprint density at radius 1 is 0.971 bits per heavy atom. The zero-order valence-electron chi connectivity index (χ0n) is 18.6. The molecule has 0 aromatic heterocycles. The lowest BCUT2D eigenvalue weighted by molar-refractivity contribution is -0.139. The monoisotopic (exact) mass is 518 g/mol. The molecular weight excluding hydrogens is 494 g/mol. The molecule has 0 unspecified atom stereocenters. The molecule has 0 aliphatic heterocycles. The van der Waals surface area contributed by atoms with Crippen molar-refractivity contribution in [2.75, 3.05) is 12.8 Å². The van der Waals surface area contributed by atoms with Gasteiger partial charge in [0.05, 0.1) is 15.8 Å². The lowest BCUT2D eigenvalue weighted by Gasteiger charge is -2.31. The van der Waals surface area contributed by atoms with E-state index in [-0.39, 0.29) is 24.1 Å². The van der Waals surface area contributed by atoms with Gasteiger partial charge in [0.15, 0.2) is 0 Å². The highest BCUT2D eigenvalue weighted by molar-refractivity contribution is 7.99. The number of hydrogen-bond donors (Lipinski definition) is 1. The Morgan fingerprint density at radius 2 is 1.68 bits per heavy atom. The Balaban J connectivity index is 1.81. The van der Waals surface area contributed by atoms with Crippen LogP contribution in [0.5, 0.6) is 0 Å². The van der Waals surface area contributed by atoms with Gasteiger partial charge in [0.1, 0.15) is 11.9 Å². The van der Waals surface area contributed by atoms with Crippen LogP contribution in [0.3, 0.4) is 0 Å². The van der Waals surface area contributed by atoms with Crippen LogP contribution in [0.15, 0.2) is 72.8 Å². The summed E-state index contributed by atoms with van der Waals surface area (Å²) in [7, 11) is 1.53. The predicted octanol–water partition coefficient (Wildman–Crippen LogP) is 5.75. The first-order valence-corrected chi connectivity index (χ1v) is 12.6. The van der Waals surface area contributed by atoms with Gasteiger partial charge in [-0.15, -0.1) is 11.8 Å². The average Bonchev–Trinajstić information content (AvgIpc) is 2.84. The number of halogens is 3. The second-order valence-corrected chi connectivity index (χ2v) is 9.47. The van der Waals surface area contributed by atoms with Crippen molar-refractivity contribution in [3.05, 3.63) is 105 Å². The summed E-state index contributed by atoms with van der Waals surface area (Å²) >= 11 is 13.5. The summed E-state index contributed by atoms with van der Waals surface area (Å²) in [5.41, 5.74) is 2.19. The van der Waals surface area contributed by atoms with Crippen LogP contribution < -0.4 is 5.32 Å². The summed E-state index contributed by atoms with van der Waals surface area (Å²) in [6, 6.07) is 20.3. The Hall–Kier alpha value is -2.54. The Bertz CT molecular complexity index is 1130. The largest absolute Gasteiger partial charge is 0.357 e. The van der Waals surface area contributed by atoms with Crippen molar-refractivity contribution in [1.29, 1.82) is 0 Å². The van der Waals surface area contributed by atoms with E-state index in [9.17, 15) is 14.0 Å². The quantitative estimate of drug-likeness (QED) is 0.371. The third-order valence-electron chi connectivity index (χ3n) is 5.29. The number of nitrogens with zero attached hydrogens (tertiary/aromatic N) is 1. The van der Waals surface area contributed by atoms with Gasteiger partial charge < -0.3 is 10.2 Å². The third kappa shape index (κ3) is 7.23. The third-order valence-corrected chi connectivity index (χ3v) is 7.02. The highest BCUT2D eigenvalue weighted by Gasteiger charge is 2.30. The second kappa shape index (κ2) is 12.8. The number of carbonyl (C=O) groups excluding carboxylic acids is 2. The van der Waals surface area contributed by atoms with Gasteiger partial charge in [0.2, 0.25) is 11.8 Å². The zero-order valence-corrected chi connectivity index (χ0v) is 21.0. The van der Waals surface area contributed by atoms with Crippen molar-refractivity contribution in [1.82, 2.24) is 10.2 Å². The predicted molar refractivity (Wildman–Crippen MR) is 138 cm³/mol. The maximum Gasteiger partial charge on any atom is 0.242 e. The first-order chi connectivity index (χ1) is 16.4. The van der Waals surface area contributed by atoms with E-state index in [4.69, 9.17) is 23.2 Å². The van der Waals surface area contributed by atoms with Crippen LogP contribution >= 0.6 is 35.0 Å². The number of amides is 2. The fraction of sp³-hybridized carbons (Fsp3) is 0.231. The highest BCUT2D eigenvalue weighted by atomic mass is 35.5. The molecule has 8 heteroatoms.